The molecule has 0 radical (unpaired) electrons. The highest BCUT2D eigenvalue weighted by Crippen LogP contribution is 2.35. The Kier molecular flexibility index (Phi) is 7.68. The Hall–Kier alpha value is -1.47. The van der Waals surface area contributed by atoms with E-state index in [2.05, 4.69) is 21.2 Å². The van der Waals surface area contributed by atoms with Gasteiger partial charge in [-0.2, -0.15) is 0 Å². The molecule has 0 amide bonds. The molecular weight excluding hydrogens is 495 g/mol. The van der Waals surface area contributed by atoms with Crippen molar-refractivity contribution in [2.45, 2.75) is 25.6 Å². The number of hydrogen-bond donors (Lipinski definition) is 1. The lowest BCUT2D eigenvalue weighted by Gasteiger charge is -2.26. The minimum atomic E-state index is -0.448. The summed E-state index contributed by atoms with van der Waals surface area (Å²) < 4.78 is 6.19. The second-order valence-corrected chi connectivity index (χ2v) is 9.02. The van der Waals surface area contributed by atoms with Gasteiger partial charge in [0.1, 0.15) is 6.04 Å². The van der Waals surface area contributed by atoms with Crippen LogP contribution in [0.25, 0.3) is 0 Å². The van der Waals surface area contributed by atoms with Crippen LogP contribution in [-0.4, -0.2) is 17.7 Å². The summed E-state index contributed by atoms with van der Waals surface area (Å²) in [5.74, 6) is 0.255. The number of benzene rings is 2. The van der Waals surface area contributed by atoms with Crippen molar-refractivity contribution >= 4 is 62.0 Å². The van der Waals surface area contributed by atoms with Gasteiger partial charge in [0.25, 0.3) is 0 Å². The van der Waals surface area contributed by atoms with Crippen LogP contribution in [0.2, 0.25) is 10.0 Å². The van der Waals surface area contributed by atoms with Crippen molar-refractivity contribution in [1.29, 1.82) is 0 Å². The van der Waals surface area contributed by atoms with Crippen molar-refractivity contribution in [3.63, 3.8) is 0 Å². The van der Waals surface area contributed by atoms with Gasteiger partial charge in [-0.15, -0.1) is 0 Å². The predicted molar refractivity (Wildman–Crippen MR) is 125 cm³/mol. The van der Waals surface area contributed by atoms with Gasteiger partial charge < -0.3 is 10.1 Å². The molecule has 0 saturated heterocycles. The van der Waals surface area contributed by atoms with Crippen molar-refractivity contribution in [2.75, 3.05) is 6.61 Å². The van der Waals surface area contributed by atoms with Crippen LogP contribution < -0.4 is 5.32 Å². The lowest BCUT2D eigenvalue weighted by molar-refractivity contribution is -0.138. The summed E-state index contributed by atoms with van der Waals surface area (Å²) in [7, 11) is 0. The van der Waals surface area contributed by atoms with Gasteiger partial charge in [0.15, 0.2) is 5.17 Å². The maximum absolute atomic E-state index is 12.6. The molecule has 2 aromatic carbocycles. The molecule has 1 N–H and O–H groups in total. The van der Waals surface area contributed by atoms with Gasteiger partial charge >= 0.3 is 5.97 Å². The van der Waals surface area contributed by atoms with Crippen LogP contribution in [0.4, 0.5) is 0 Å². The minimum Gasteiger partial charge on any atom is -0.463 e. The number of esters is 1. The van der Waals surface area contributed by atoms with E-state index in [0.717, 1.165) is 21.3 Å². The first-order chi connectivity index (χ1) is 13.9. The summed E-state index contributed by atoms with van der Waals surface area (Å²) in [4.78, 5) is 17.4. The Bertz CT molecular complexity index is 994. The van der Waals surface area contributed by atoms with Crippen LogP contribution in [0, 0.1) is 0 Å². The average Bonchev–Trinajstić information content (AvgIpc) is 2.67. The van der Waals surface area contributed by atoms with Crippen LogP contribution in [0.5, 0.6) is 0 Å². The van der Waals surface area contributed by atoms with Crippen LogP contribution in [-0.2, 0) is 15.3 Å². The third-order valence-electron chi connectivity index (χ3n) is 4.26. The number of nitrogens with one attached hydrogen (secondary N) is 1. The van der Waals surface area contributed by atoms with Crippen LogP contribution >= 0.6 is 50.9 Å². The Morgan fingerprint density at radius 2 is 2.07 bits per heavy atom. The molecule has 2 aromatic rings. The normalized spacial score (nSPS) is 16.3. The van der Waals surface area contributed by atoms with Crippen molar-refractivity contribution in [3.8, 4) is 0 Å². The van der Waals surface area contributed by atoms with Gasteiger partial charge in [-0.25, -0.2) is 9.79 Å². The number of halogens is 3. The van der Waals surface area contributed by atoms with E-state index in [1.165, 1.54) is 11.8 Å². The van der Waals surface area contributed by atoms with E-state index in [0.29, 0.717) is 33.1 Å². The molecular formula is C21H19BrCl2N2O2S. The molecule has 0 unspecified atom stereocenters. The highest BCUT2D eigenvalue weighted by molar-refractivity contribution is 9.10. The molecule has 152 valence electrons. The molecule has 29 heavy (non-hydrogen) atoms. The summed E-state index contributed by atoms with van der Waals surface area (Å²) in [6.45, 7) is 3.96. The highest BCUT2D eigenvalue weighted by atomic mass is 79.9. The summed E-state index contributed by atoms with van der Waals surface area (Å²) in [6, 6.07) is 12.8. The Morgan fingerprint density at radius 1 is 1.28 bits per heavy atom. The lowest BCUT2D eigenvalue weighted by Crippen LogP contribution is -2.30. The number of rotatable bonds is 5. The fourth-order valence-corrected chi connectivity index (χ4v) is 4.82. The van der Waals surface area contributed by atoms with E-state index in [1.54, 1.807) is 13.0 Å². The average molecular weight is 514 g/mol. The molecule has 0 saturated carbocycles. The maximum Gasteiger partial charge on any atom is 0.338 e. The quantitative estimate of drug-likeness (QED) is 0.462. The molecule has 1 aliphatic heterocycles. The summed E-state index contributed by atoms with van der Waals surface area (Å²) >= 11 is 17.3. The fraction of sp³-hybridized carbons (Fsp3) is 0.238. The topological polar surface area (TPSA) is 50.7 Å². The van der Waals surface area contributed by atoms with E-state index >= 15 is 0 Å². The van der Waals surface area contributed by atoms with Crippen LogP contribution in [0.15, 0.2) is 63.2 Å². The number of amidine groups is 1. The Morgan fingerprint density at radius 3 is 2.76 bits per heavy atom. The number of carbonyl (C=O) groups excluding carboxylic acids is 1. The lowest BCUT2D eigenvalue weighted by atomic mass is 9.97. The number of nitrogens with zero attached hydrogens (tertiary/aromatic N) is 1. The highest BCUT2D eigenvalue weighted by Gasteiger charge is 2.30. The first-order valence-electron chi connectivity index (χ1n) is 8.94. The number of allylic oxidation sites excluding steroid dienone is 1. The van der Waals surface area contributed by atoms with E-state index in [9.17, 15) is 4.79 Å². The molecule has 1 aliphatic rings. The molecule has 1 heterocycles. The van der Waals surface area contributed by atoms with Gasteiger partial charge in [0.2, 0.25) is 0 Å². The maximum atomic E-state index is 12.6. The number of thioether (sulfide) groups is 1. The zero-order valence-corrected chi connectivity index (χ0v) is 19.8. The van der Waals surface area contributed by atoms with Gasteiger partial charge in [-0.05, 0) is 49.2 Å². The van der Waals surface area contributed by atoms with Gasteiger partial charge in [0, 0.05) is 26.0 Å². The van der Waals surface area contributed by atoms with Crippen LogP contribution in [0.1, 0.15) is 31.0 Å². The third kappa shape index (κ3) is 5.57. The van der Waals surface area contributed by atoms with Gasteiger partial charge in [0.05, 0.1) is 12.2 Å². The molecule has 1 atom stereocenters. The number of hydrogen-bond acceptors (Lipinski definition) is 5. The molecule has 0 fully saturated rings. The van der Waals surface area contributed by atoms with E-state index < -0.39 is 6.04 Å². The minimum absolute atomic E-state index is 0.307. The molecule has 0 bridgehead atoms. The molecule has 3 rings (SSSR count). The van der Waals surface area contributed by atoms with Gasteiger partial charge in [-0.1, -0.05) is 69.1 Å². The standard InChI is InChI=1S/C21H19BrCl2N2O2S/c1-3-28-20(27)18-12(2)25-21(26-19(18)13-5-4-6-15(22)9-13)29-11-14-7-8-16(23)10-17(14)24/h4-10,19H,3,11H2,1-2H3,(H,25,26)/t19-/m0/s1. The van der Waals surface area contributed by atoms with E-state index in [1.807, 2.05) is 43.3 Å². The zero-order chi connectivity index (χ0) is 21.0. The van der Waals surface area contributed by atoms with E-state index in [4.69, 9.17) is 32.9 Å². The van der Waals surface area contributed by atoms with Crippen molar-refractivity contribution in [1.82, 2.24) is 5.32 Å². The number of ether oxygens (including phenoxy) is 1. The third-order valence-corrected chi connectivity index (χ3v) is 6.27. The fourth-order valence-electron chi connectivity index (χ4n) is 2.90. The number of aliphatic imine (C=N–C) groups is 1. The van der Waals surface area contributed by atoms with Crippen LogP contribution in [0.3, 0.4) is 0 Å². The van der Waals surface area contributed by atoms with Gasteiger partial charge in [-0.3, -0.25) is 0 Å². The zero-order valence-electron chi connectivity index (χ0n) is 15.8. The van der Waals surface area contributed by atoms with E-state index in [-0.39, 0.29) is 5.97 Å². The largest absolute Gasteiger partial charge is 0.463 e. The van der Waals surface area contributed by atoms with Crippen molar-refractivity contribution in [2.24, 2.45) is 4.99 Å². The second kappa shape index (κ2) is 10.0. The molecule has 0 spiro atoms. The second-order valence-electron chi connectivity index (χ2n) is 6.30. The molecule has 4 nitrogen and oxygen atoms in total. The summed E-state index contributed by atoms with van der Waals surface area (Å²) in [6.07, 6.45) is 0. The SMILES string of the molecule is CCOC(=O)C1=C(C)NC(SCc2ccc(Cl)cc2Cl)=N[C@H]1c1cccc(Br)c1. The molecule has 0 aromatic heterocycles. The molecule has 0 aliphatic carbocycles. The predicted octanol–water partition coefficient (Wildman–Crippen LogP) is 6.53. The summed E-state index contributed by atoms with van der Waals surface area (Å²) in [5.41, 5.74) is 3.11. The summed E-state index contributed by atoms with van der Waals surface area (Å²) in [5, 5.41) is 5.16. The Labute approximate surface area is 192 Å². The smallest absolute Gasteiger partial charge is 0.338 e. The first kappa shape index (κ1) is 22.2. The number of carbonyl (C=O) groups is 1. The Balaban J connectivity index is 1.89. The monoisotopic (exact) mass is 512 g/mol. The van der Waals surface area contributed by atoms with Crippen molar-refractivity contribution in [3.05, 3.63) is 79.4 Å². The molecule has 8 heteroatoms. The first-order valence-corrected chi connectivity index (χ1v) is 11.5. The van der Waals surface area contributed by atoms with Crippen molar-refractivity contribution < 1.29 is 9.53 Å².